The van der Waals surface area contributed by atoms with Crippen LogP contribution < -0.4 is 10.1 Å². The molecule has 5 heteroatoms. The Kier molecular flexibility index (Phi) is 9.39. The van der Waals surface area contributed by atoms with Gasteiger partial charge in [0.05, 0.1) is 0 Å². The van der Waals surface area contributed by atoms with Crippen LogP contribution >= 0.6 is 0 Å². The van der Waals surface area contributed by atoms with Crippen LogP contribution in [0.25, 0.3) is 0 Å². The molecule has 2 aromatic rings. The number of para-hydroxylation sites is 1. The summed E-state index contributed by atoms with van der Waals surface area (Å²) in [5, 5.41) is 2.98. The number of nitrogens with one attached hydrogen (secondary N) is 1. The van der Waals surface area contributed by atoms with Gasteiger partial charge in [0.25, 0.3) is 5.91 Å². The summed E-state index contributed by atoms with van der Waals surface area (Å²) in [4.78, 5) is 27.7. The Morgan fingerprint density at radius 3 is 2.30 bits per heavy atom. The molecule has 5 nitrogen and oxygen atoms in total. The van der Waals surface area contributed by atoms with Crippen molar-refractivity contribution in [1.82, 2.24) is 10.2 Å². The Balaban J connectivity index is 2.20. The van der Waals surface area contributed by atoms with E-state index < -0.39 is 6.04 Å². The van der Waals surface area contributed by atoms with Gasteiger partial charge < -0.3 is 15.0 Å². The number of aryl methyl sites for hydroxylation is 2. The lowest BCUT2D eigenvalue weighted by Crippen LogP contribution is -2.50. The molecule has 0 aliphatic heterocycles. The second-order valence-electron chi connectivity index (χ2n) is 7.57. The van der Waals surface area contributed by atoms with E-state index >= 15 is 0 Å². The van der Waals surface area contributed by atoms with Gasteiger partial charge in [-0.2, -0.15) is 0 Å². The van der Waals surface area contributed by atoms with Crippen LogP contribution in [0.5, 0.6) is 5.75 Å². The van der Waals surface area contributed by atoms with E-state index in [9.17, 15) is 9.59 Å². The van der Waals surface area contributed by atoms with E-state index in [-0.39, 0.29) is 18.4 Å². The zero-order valence-electron chi connectivity index (χ0n) is 18.6. The highest BCUT2D eigenvalue weighted by molar-refractivity contribution is 5.88. The largest absolute Gasteiger partial charge is 0.484 e. The van der Waals surface area contributed by atoms with Gasteiger partial charge in [-0.25, -0.2) is 0 Å². The molecule has 0 aliphatic rings. The molecule has 0 fully saturated rings. The first-order chi connectivity index (χ1) is 14.5. The van der Waals surface area contributed by atoms with Crippen molar-refractivity contribution in [3.8, 4) is 5.75 Å². The van der Waals surface area contributed by atoms with Gasteiger partial charge in [-0.15, -0.1) is 0 Å². The molecule has 0 radical (unpaired) electrons. The average Bonchev–Trinajstić information content (AvgIpc) is 2.74. The van der Waals surface area contributed by atoms with Crippen LogP contribution in [0.15, 0.2) is 48.5 Å². The van der Waals surface area contributed by atoms with Crippen LogP contribution in [0, 0.1) is 13.8 Å². The molecule has 30 heavy (non-hydrogen) atoms. The number of amides is 2. The van der Waals surface area contributed by atoms with Gasteiger partial charge in [0.15, 0.2) is 6.61 Å². The van der Waals surface area contributed by atoms with E-state index in [1.807, 2.05) is 69.3 Å². The quantitative estimate of drug-likeness (QED) is 0.559. The van der Waals surface area contributed by atoms with E-state index in [0.717, 1.165) is 29.5 Å². The lowest BCUT2D eigenvalue weighted by atomic mass is 10.1. The van der Waals surface area contributed by atoms with Crippen LogP contribution in [0.1, 0.15) is 49.8 Å². The second-order valence-corrected chi connectivity index (χ2v) is 7.57. The Hall–Kier alpha value is -2.82. The maximum absolute atomic E-state index is 13.2. The third kappa shape index (κ3) is 6.61. The fraction of sp³-hybridized carbons (Fsp3) is 0.440. The number of hydrogen-bond donors (Lipinski definition) is 1. The summed E-state index contributed by atoms with van der Waals surface area (Å²) in [5.41, 5.74) is 3.10. The number of ether oxygens (including phenoxy) is 1. The molecule has 0 spiro atoms. The smallest absolute Gasteiger partial charge is 0.261 e. The molecule has 0 unspecified atom stereocenters. The molecule has 0 aliphatic carbocycles. The zero-order valence-corrected chi connectivity index (χ0v) is 18.6. The Labute approximate surface area is 180 Å². The van der Waals surface area contributed by atoms with Gasteiger partial charge in [-0.1, -0.05) is 62.7 Å². The number of unbranched alkanes of at least 4 members (excludes halogenated alkanes) is 1. The summed E-state index contributed by atoms with van der Waals surface area (Å²) in [6, 6.07) is 15.0. The molecule has 0 saturated heterocycles. The molecule has 2 aromatic carbocycles. The van der Waals surface area contributed by atoms with Crippen LogP contribution in [-0.4, -0.2) is 35.9 Å². The van der Waals surface area contributed by atoms with E-state index in [1.165, 1.54) is 0 Å². The summed E-state index contributed by atoms with van der Waals surface area (Å²) in [6.45, 7) is 8.88. The topological polar surface area (TPSA) is 58.6 Å². The van der Waals surface area contributed by atoms with E-state index in [1.54, 1.807) is 4.90 Å². The minimum Gasteiger partial charge on any atom is -0.484 e. The summed E-state index contributed by atoms with van der Waals surface area (Å²) in [6.07, 6.45) is 2.47. The number of benzene rings is 2. The predicted octanol–water partition coefficient (Wildman–Crippen LogP) is 4.41. The molecule has 0 saturated carbocycles. The monoisotopic (exact) mass is 410 g/mol. The first-order valence-corrected chi connectivity index (χ1v) is 10.8. The van der Waals surface area contributed by atoms with Crippen molar-refractivity contribution in [3.63, 3.8) is 0 Å². The van der Waals surface area contributed by atoms with Crippen molar-refractivity contribution in [2.45, 2.75) is 59.5 Å². The van der Waals surface area contributed by atoms with Crippen molar-refractivity contribution in [3.05, 3.63) is 65.2 Å². The lowest BCUT2D eigenvalue weighted by Gasteiger charge is -2.31. The molecular formula is C25H34N2O3. The number of carbonyl (C=O) groups excluding carboxylic acids is 2. The summed E-state index contributed by atoms with van der Waals surface area (Å²) >= 11 is 0. The van der Waals surface area contributed by atoms with Crippen molar-refractivity contribution in [2.24, 2.45) is 0 Å². The third-order valence-corrected chi connectivity index (χ3v) is 5.26. The minimum absolute atomic E-state index is 0.102. The van der Waals surface area contributed by atoms with Gasteiger partial charge in [-0.05, 0) is 49.4 Å². The van der Waals surface area contributed by atoms with Gasteiger partial charge in [0, 0.05) is 13.1 Å². The number of nitrogens with zero attached hydrogens (tertiary/aromatic N) is 1. The van der Waals surface area contributed by atoms with E-state index in [0.29, 0.717) is 25.3 Å². The maximum atomic E-state index is 13.2. The second kappa shape index (κ2) is 12.0. The highest BCUT2D eigenvalue weighted by atomic mass is 16.5. The van der Waals surface area contributed by atoms with E-state index in [2.05, 4.69) is 12.2 Å². The average molecular weight is 411 g/mol. The first-order valence-electron chi connectivity index (χ1n) is 10.8. The number of carbonyl (C=O) groups is 2. The van der Waals surface area contributed by atoms with Crippen molar-refractivity contribution in [2.75, 3.05) is 13.2 Å². The van der Waals surface area contributed by atoms with Crippen LogP contribution in [0.2, 0.25) is 0 Å². The van der Waals surface area contributed by atoms with Gasteiger partial charge >= 0.3 is 0 Å². The predicted molar refractivity (Wildman–Crippen MR) is 120 cm³/mol. The van der Waals surface area contributed by atoms with Crippen molar-refractivity contribution >= 4 is 11.8 Å². The first kappa shape index (κ1) is 23.5. The molecular weight excluding hydrogens is 376 g/mol. The fourth-order valence-corrected chi connectivity index (χ4v) is 3.34. The molecule has 0 aromatic heterocycles. The molecule has 2 rings (SSSR count). The molecule has 0 heterocycles. The third-order valence-electron chi connectivity index (χ3n) is 5.26. The molecule has 0 bridgehead atoms. The van der Waals surface area contributed by atoms with Crippen molar-refractivity contribution < 1.29 is 14.3 Å². The van der Waals surface area contributed by atoms with Gasteiger partial charge in [-0.3, -0.25) is 9.59 Å². The van der Waals surface area contributed by atoms with Gasteiger partial charge in [0.2, 0.25) is 5.91 Å². The van der Waals surface area contributed by atoms with E-state index in [4.69, 9.17) is 4.74 Å². The SMILES string of the molecule is CCCCNC(=O)[C@H](CC)N(Cc1ccccc1C)C(=O)COc1ccccc1C. The Morgan fingerprint density at radius 2 is 1.67 bits per heavy atom. The van der Waals surface area contributed by atoms with Crippen molar-refractivity contribution in [1.29, 1.82) is 0 Å². The summed E-state index contributed by atoms with van der Waals surface area (Å²) in [7, 11) is 0. The standard InChI is InChI=1S/C25H34N2O3/c1-5-7-16-26-25(29)22(6-2)27(17-21-14-10-8-12-19(21)3)24(28)18-30-23-15-11-9-13-20(23)4/h8-15,22H,5-7,16-18H2,1-4H3,(H,26,29)/t22-/m0/s1. The van der Waals surface area contributed by atoms with Crippen LogP contribution in [0.3, 0.4) is 0 Å². The van der Waals surface area contributed by atoms with Crippen LogP contribution in [0.4, 0.5) is 0 Å². The Bertz CT molecular complexity index is 835. The Morgan fingerprint density at radius 1 is 1.00 bits per heavy atom. The summed E-state index contributed by atoms with van der Waals surface area (Å²) in [5.74, 6) is 0.380. The lowest BCUT2D eigenvalue weighted by molar-refractivity contribution is -0.143. The molecule has 1 N–H and O–H groups in total. The maximum Gasteiger partial charge on any atom is 0.261 e. The molecule has 1 atom stereocenters. The highest BCUT2D eigenvalue weighted by Crippen LogP contribution is 2.18. The zero-order chi connectivity index (χ0) is 21.9. The number of rotatable bonds is 11. The van der Waals surface area contributed by atoms with Crippen LogP contribution in [-0.2, 0) is 16.1 Å². The normalized spacial score (nSPS) is 11.6. The summed E-state index contributed by atoms with van der Waals surface area (Å²) < 4.78 is 5.80. The number of hydrogen-bond acceptors (Lipinski definition) is 3. The molecule has 162 valence electrons. The van der Waals surface area contributed by atoms with Gasteiger partial charge in [0.1, 0.15) is 11.8 Å². The fourth-order valence-electron chi connectivity index (χ4n) is 3.34. The minimum atomic E-state index is -0.533. The molecule has 2 amide bonds. The highest BCUT2D eigenvalue weighted by Gasteiger charge is 2.29.